The molecule has 1 heterocycles. The van der Waals surface area contributed by atoms with Crippen molar-refractivity contribution in [2.24, 2.45) is 0 Å². The highest BCUT2D eigenvalue weighted by Gasteiger charge is 2.22. The zero-order valence-electron chi connectivity index (χ0n) is 18.0. The predicted octanol–water partition coefficient (Wildman–Crippen LogP) is 2.78. The Labute approximate surface area is 179 Å². The van der Waals surface area contributed by atoms with Gasteiger partial charge in [-0.25, -0.2) is 0 Å². The number of likely N-dealkylation sites (N-methyl/N-ethyl adjacent to an activating group) is 1. The number of rotatable bonds is 8. The number of benzene rings is 2. The second kappa shape index (κ2) is 10.9. The summed E-state index contributed by atoms with van der Waals surface area (Å²) in [6, 6.07) is 18.0. The third-order valence-corrected chi connectivity index (χ3v) is 5.59. The van der Waals surface area contributed by atoms with Gasteiger partial charge in [0.05, 0.1) is 13.1 Å². The fraction of sp³-hybridized carbons (Fsp3) is 0.417. The number of hydrogen-bond donors (Lipinski definition) is 1. The minimum atomic E-state index is -0.00829. The van der Waals surface area contributed by atoms with Crippen molar-refractivity contribution >= 4 is 17.5 Å². The van der Waals surface area contributed by atoms with Gasteiger partial charge >= 0.3 is 0 Å². The molecule has 2 aromatic rings. The molecule has 1 saturated heterocycles. The normalized spacial score (nSPS) is 15.0. The molecule has 1 fully saturated rings. The fourth-order valence-electron chi connectivity index (χ4n) is 3.83. The average molecular weight is 409 g/mol. The number of carbonyl (C=O) groups is 2. The Kier molecular flexibility index (Phi) is 7.99. The number of para-hydroxylation sites is 1. The van der Waals surface area contributed by atoms with Crippen molar-refractivity contribution in [1.29, 1.82) is 0 Å². The van der Waals surface area contributed by atoms with Crippen molar-refractivity contribution in [3.63, 3.8) is 0 Å². The second-order valence-electron chi connectivity index (χ2n) is 7.58. The van der Waals surface area contributed by atoms with E-state index in [0.29, 0.717) is 13.1 Å². The van der Waals surface area contributed by atoms with E-state index >= 15 is 0 Å². The number of piperazine rings is 1. The Morgan fingerprint density at radius 1 is 0.833 bits per heavy atom. The lowest BCUT2D eigenvalue weighted by atomic mass is 10.0. The summed E-state index contributed by atoms with van der Waals surface area (Å²) < 4.78 is 0. The highest BCUT2D eigenvalue weighted by atomic mass is 16.2. The van der Waals surface area contributed by atoms with E-state index in [4.69, 9.17) is 0 Å². The van der Waals surface area contributed by atoms with E-state index in [1.54, 1.807) is 0 Å². The zero-order valence-corrected chi connectivity index (χ0v) is 18.0. The van der Waals surface area contributed by atoms with Gasteiger partial charge in [-0.15, -0.1) is 0 Å². The van der Waals surface area contributed by atoms with Crippen molar-refractivity contribution in [2.75, 3.05) is 57.7 Å². The van der Waals surface area contributed by atoms with E-state index in [1.807, 2.05) is 73.3 Å². The number of carbonyl (C=O) groups excluding carboxylic acids is 2. The molecular weight excluding hydrogens is 376 g/mol. The standard InChI is InChI=1S/C24H32N4O2/c1-3-28(4-2)24(30)19-27-16-14-26(15-17-27)18-23(29)25-22-13-9-8-12-21(22)20-10-6-5-7-11-20/h5-13H,3-4,14-19H2,1-2H3,(H,25,29). The van der Waals surface area contributed by atoms with E-state index in [2.05, 4.69) is 15.1 Å². The Morgan fingerprint density at radius 2 is 1.40 bits per heavy atom. The molecule has 0 bridgehead atoms. The molecule has 0 saturated carbocycles. The SMILES string of the molecule is CCN(CC)C(=O)CN1CCN(CC(=O)Nc2ccccc2-c2ccccc2)CC1. The lowest BCUT2D eigenvalue weighted by Gasteiger charge is -2.34. The van der Waals surface area contributed by atoms with Gasteiger partial charge in [0.15, 0.2) is 0 Å². The molecule has 0 radical (unpaired) electrons. The first-order valence-electron chi connectivity index (χ1n) is 10.8. The summed E-state index contributed by atoms with van der Waals surface area (Å²) >= 11 is 0. The number of nitrogens with zero attached hydrogens (tertiary/aromatic N) is 3. The largest absolute Gasteiger partial charge is 0.342 e. The summed E-state index contributed by atoms with van der Waals surface area (Å²) in [5, 5.41) is 3.07. The maximum absolute atomic E-state index is 12.7. The van der Waals surface area contributed by atoms with Gasteiger partial charge in [0.2, 0.25) is 11.8 Å². The molecule has 30 heavy (non-hydrogen) atoms. The van der Waals surface area contributed by atoms with Crippen molar-refractivity contribution in [2.45, 2.75) is 13.8 Å². The van der Waals surface area contributed by atoms with E-state index in [1.165, 1.54) is 0 Å². The Balaban J connectivity index is 1.50. The Hall–Kier alpha value is -2.70. The molecule has 1 aliphatic rings. The van der Waals surface area contributed by atoms with E-state index in [9.17, 15) is 9.59 Å². The summed E-state index contributed by atoms with van der Waals surface area (Å²) in [5.74, 6) is 0.176. The van der Waals surface area contributed by atoms with Crippen LogP contribution in [0.3, 0.4) is 0 Å². The first kappa shape index (κ1) is 22.0. The van der Waals surface area contributed by atoms with Crippen LogP contribution in [0.5, 0.6) is 0 Å². The van der Waals surface area contributed by atoms with Crippen LogP contribution in [0.4, 0.5) is 5.69 Å². The molecular formula is C24H32N4O2. The van der Waals surface area contributed by atoms with Crippen molar-refractivity contribution in [3.8, 4) is 11.1 Å². The van der Waals surface area contributed by atoms with Gasteiger partial charge in [-0.2, -0.15) is 0 Å². The number of anilines is 1. The minimum Gasteiger partial charge on any atom is -0.342 e. The van der Waals surface area contributed by atoms with Gasteiger partial charge in [0, 0.05) is 50.5 Å². The minimum absolute atomic E-state index is 0.00829. The van der Waals surface area contributed by atoms with Crippen LogP contribution in [0.1, 0.15) is 13.8 Å². The first-order valence-corrected chi connectivity index (χ1v) is 10.8. The van der Waals surface area contributed by atoms with Crippen LogP contribution in [-0.2, 0) is 9.59 Å². The van der Waals surface area contributed by atoms with Crippen molar-refractivity contribution in [1.82, 2.24) is 14.7 Å². The van der Waals surface area contributed by atoms with Crippen LogP contribution >= 0.6 is 0 Å². The topological polar surface area (TPSA) is 55.9 Å². The molecule has 1 aliphatic heterocycles. The molecule has 1 N–H and O–H groups in total. The van der Waals surface area contributed by atoms with Gasteiger partial charge in [-0.3, -0.25) is 19.4 Å². The number of hydrogen-bond acceptors (Lipinski definition) is 4. The summed E-state index contributed by atoms with van der Waals surface area (Å²) in [5.41, 5.74) is 2.93. The van der Waals surface area contributed by atoms with E-state index < -0.39 is 0 Å². The fourth-order valence-corrected chi connectivity index (χ4v) is 3.83. The quantitative estimate of drug-likeness (QED) is 0.730. The molecule has 0 unspecified atom stereocenters. The van der Waals surface area contributed by atoms with Gasteiger partial charge < -0.3 is 10.2 Å². The lowest BCUT2D eigenvalue weighted by molar-refractivity contribution is -0.132. The van der Waals surface area contributed by atoms with Crippen LogP contribution < -0.4 is 5.32 Å². The molecule has 160 valence electrons. The third-order valence-electron chi connectivity index (χ3n) is 5.59. The Bertz CT molecular complexity index is 828. The van der Waals surface area contributed by atoms with Crippen LogP contribution in [-0.4, -0.2) is 78.9 Å². The van der Waals surface area contributed by atoms with Crippen molar-refractivity contribution < 1.29 is 9.59 Å². The summed E-state index contributed by atoms with van der Waals surface area (Å²) in [7, 11) is 0. The van der Waals surface area contributed by atoms with Gasteiger partial charge in [-0.05, 0) is 25.5 Å². The Morgan fingerprint density at radius 3 is 2.03 bits per heavy atom. The monoisotopic (exact) mass is 408 g/mol. The molecule has 0 spiro atoms. The second-order valence-corrected chi connectivity index (χ2v) is 7.58. The first-order chi connectivity index (χ1) is 14.6. The smallest absolute Gasteiger partial charge is 0.238 e. The van der Waals surface area contributed by atoms with E-state index in [-0.39, 0.29) is 11.8 Å². The van der Waals surface area contributed by atoms with Gasteiger partial charge in [-0.1, -0.05) is 48.5 Å². The van der Waals surface area contributed by atoms with Gasteiger partial charge in [0.25, 0.3) is 0 Å². The van der Waals surface area contributed by atoms with Gasteiger partial charge in [0.1, 0.15) is 0 Å². The molecule has 0 atom stereocenters. The van der Waals surface area contributed by atoms with Crippen LogP contribution in [0, 0.1) is 0 Å². The van der Waals surface area contributed by atoms with Crippen LogP contribution in [0.15, 0.2) is 54.6 Å². The highest BCUT2D eigenvalue weighted by molar-refractivity contribution is 5.96. The van der Waals surface area contributed by atoms with Crippen LogP contribution in [0.2, 0.25) is 0 Å². The molecule has 0 aliphatic carbocycles. The summed E-state index contributed by atoms with van der Waals surface area (Å²) in [6.07, 6.45) is 0. The average Bonchev–Trinajstić information content (AvgIpc) is 2.77. The maximum atomic E-state index is 12.7. The predicted molar refractivity (Wildman–Crippen MR) is 121 cm³/mol. The molecule has 3 rings (SSSR count). The zero-order chi connectivity index (χ0) is 21.3. The highest BCUT2D eigenvalue weighted by Crippen LogP contribution is 2.27. The molecule has 0 aromatic heterocycles. The number of nitrogens with one attached hydrogen (secondary N) is 1. The third kappa shape index (κ3) is 5.90. The van der Waals surface area contributed by atoms with Crippen LogP contribution in [0.25, 0.3) is 11.1 Å². The summed E-state index contributed by atoms with van der Waals surface area (Å²) in [6.45, 7) is 9.54. The molecule has 2 aromatic carbocycles. The maximum Gasteiger partial charge on any atom is 0.238 e. The number of amides is 2. The van der Waals surface area contributed by atoms with E-state index in [0.717, 1.165) is 56.1 Å². The summed E-state index contributed by atoms with van der Waals surface area (Å²) in [4.78, 5) is 31.2. The van der Waals surface area contributed by atoms with Crippen molar-refractivity contribution in [3.05, 3.63) is 54.6 Å². The molecule has 6 nitrogen and oxygen atoms in total. The lowest BCUT2D eigenvalue weighted by Crippen LogP contribution is -2.51. The molecule has 6 heteroatoms. The molecule has 2 amide bonds.